The maximum Gasteiger partial charge on any atom is 0.228 e. The topological polar surface area (TPSA) is 29.1 Å². The van der Waals surface area contributed by atoms with Gasteiger partial charge < -0.3 is 5.32 Å². The molecule has 2 rings (SSSR count). The van der Waals surface area contributed by atoms with Crippen molar-refractivity contribution in [2.24, 2.45) is 11.8 Å². The predicted molar refractivity (Wildman–Crippen MR) is 74.4 cm³/mol. The molecule has 2 atom stereocenters. The Morgan fingerprint density at radius 3 is 2.65 bits per heavy atom. The summed E-state index contributed by atoms with van der Waals surface area (Å²) < 4.78 is 0. The Labute approximate surface area is 111 Å². The molecule has 0 saturated carbocycles. The molecule has 1 heterocycles. The van der Waals surface area contributed by atoms with Gasteiger partial charge in [-0.2, -0.15) is 0 Å². The van der Waals surface area contributed by atoms with Crippen LogP contribution >= 0.6 is 15.9 Å². The van der Waals surface area contributed by atoms with Crippen LogP contribution in [0, 0.1) is 11.8 Å². The Morgan fingerprint density at radius 1 is 1.29 bits per heavy atom. The number of nitrogens with one attached hydrogen (secondary N) is 1. The Kier molecular flexibility index (Phi) is 3.57. The number of hydrogen-bond donors (Lipinski definition) is 1. The highest BCUT2D eigenvalue weighted by molar-refractivity contribution is 9.09. The molecule has 2 nitrogen and oxygen atoms in total. The third kappa shape index (κ3) is 2.54. The Morgan fingerprint density at radius 2 is 2.00 bits per heavy atom. The van der Waals surface area contributed by atoms with Gasteiger partial charge in [0.15, 0.2) is 0 Å². The average molecular weight is 296 g/mol. The van der Waals surface area contributed by atoms with Crippen LogP contribution in [0.25, 0.3) is 0 Å². The molecule has 1 amide bonds. The van der Waals surface area contributed by atoms with Gasteiger partial charge in [0.1, 0.15) is 0 Å². The molecule has 0 saturated heterocycles. The molecule has 1 aliphatic heterocycles. The van der Waals surface area contributed by atoms with Crippen molar-refractivity contribution in [1.82, 2.24) is 0 Å². The van der Waals surface area contributed by atoms with E-state index < -0.39 is 0 Å². The zero-order valence-electron chi connectivity index (χ0n) is 10.5. The highest BCUT2D eigenvalue weighted by atomic mass is 79.9. The summed E-state index contributed by atoms with van der Waals surface area (Å²) in [6, 6.07) is 6.26. The molecule has 0 fully saturated rings. The molecule has 1 N–H and O–H groups in total. The molecule has 92 valence electrons. The van der Waals surface area contributed by atoms with Crippen LogP contribution in [0.3, 0.4) is 0 Å². The van der Waals surface area contributed by atoms with E-state index in [-0.39, 0.29) is 5.91 Å². The Hall–Kier alpha value is -0.830. The molecule has 0 bridgehead atoms. The second kappa shape index (κ2) is 4.81. The van der Waals surface area contributed by atoms with Crippen molar-refractivity contribution in [3.8, 4) is 0 Å². The molecule has 0 aromatic heterocycles. The number of hydrogen-bond acceptors (Lipinski definition) is 1. The molecular weight excluding hydrogens is 278 g/mol. The van der Waals surface area contributed by atoms with Crippen molar-refractivity contribution in [3.63, 3.8) is 0 Å². The molecule has 0 spiro atoms. The van der Waals surface area contributed by atoms with Crippen molar-refractivity contribution in [2.45, 2.75) is 32.0 Å². The SMILES string of the molecule is CC(C)C(C)C(Br)c1ccc2c(c1)CC(=O)N2. The van der Waals surface area contributed by atoms with Crippen LogP contribution in [-0.4, -0.2) is 5.91 Å². The van der Waals surface area contributed by atoms with Gasteiger partial charge in [-0.3, -0.25) is 4.79 Å². The molecule has 0 aliphatic carbocycles. The summed E-state index contributed by atoms with van der Waals surface area (Å²) in [7, 11) is 0. The molecular formula is C14H18BrNO. The zero-order chi connectivity index (χ0) is 12.6. The van der Waals surface area contributed by atoms with Crippen LogP contribution in [0.2, 0.25) is 0 Å². The summed E-state index contributed by atoms with van der Waals surface area (Å²) in [5, 5.41) is 2.86. The fourth-order valence-corrected chi connectivity index (χ4v) is 2.96. The third-order valence-electron chi connectivity index (χ3n) is 3.59. The lowest BCUT2D eigenvalue weighted by atomic mass is 9.90. The minimum Gasteiger partial charge on any atom is -0.326 e. The normalized spacial score (nSPS) is 17.8. The van der Waals surface area contributed by atoms with Gasteiger partial charge >= 0.3 is 0 Å². The van der Waals surface area contributed by atoms with E-state index in [2.05, 4.69) is 54.2 Å². The maximum atomic E-state index is 11.3. The number of rotatable bonds is 3. The minimum atomic E-state index is 0.0974. The largest absolute Gasteiger partial charge is 0.326 e. The molecule has 2 unspecified atom stereocenters. The highest BCUT2D eigenvalue weighted by Gasteiger charge is 2.22. The summed E-state index contributed by atoms with van der Waals surface area (Å²) in [4.78, 5) is 11.7. The summed E-state index contributed by atoms with van der Waals surface area (Å²) >= 11 is 3.77. The Balaban J connectivity index is 2.24. The standard InChI is InChI=1S/C14H18BrNO/c1-8(2)9(3)14(15)10-4-5-12-11(6-10)7-13(17)16-12/h4-6,8-9,14H,7H2,1-3H3,(H,16,17). The van der Waals surface area contributed by atoms with Crippen LogP contribution in [0.15, 0.2) is 18.2 Å². The zero-order valence-corrected chi connectivity index (χ0v) is 12.0. The second-order valence-corrected chi connectivity index (χ2v) is 6.13. The first-order valence-electron chi connectivity index (χ1n) is 6.05. The highest BCUT2D eigenvalue weighted by Crippen LogP contribution is 2.37. The number of carbonyl (C=O) groups is 1. The van der Waals surface area contributed by atoms with Crippen LogP contribution in [0.5, 0.6) is 0 Å². The van der Waals surface area contributed by atoms with Gasteiger partial charge in [0.05, 0.1) is 6.42 Å². The number of halogens is 1. The number of anilines is 1. The quantitative estimate of drug-likeness (QED) is 0.842. The van der Waals surface area contributed by atoms with Gasteiger partial charge in [-0.05, 0) is 29.0 Å². The van der Waals surface area contributed by atoms with Crippen molar-refractivity contribution in [3.05, 3.63) is 29.3 Å². The summed E-state index contributed by atoms with van der Waals surface area (Å²) in [6.07, 6.45) is 0.513. The van der Waals surface area contributed by atoms with Crippen LogP contribution in [-0.2, 0) is 11.2 Å². The van der Waals surface area contributed by atoms with Crippen LogP contribution in [0.1, 0.15) is 36.7 Å². The van der Waals surface area contributed by atoms with Crippen LogP contribution < -0.4 is 5.32 Å². The predicted octanol–water partition coefficient (Wildman–Crippen LogP) is 3.91. The smallest absolute Gasteiger partial charge is 0.228 e. The van der Waals surface area contributed by atoms with Crippen LogP contribution in [0.4, 0.5) is 5.69 Å². The lowest BCUT2D eigenvalue weighted by Crippen LogP contribution is -2.10. The monoisotopic (exact) mass is 295 g/mol. The lowest BCUT2D eigenvalue weighted by molar-refractivity contribution is -0.115. The van der Waals surface area contributed by atoms with E-state index in [9.17, 15) is 4.79 Å². The van der Waals surface area contributed by atoms with Gasteiger partial charge in [-0.1, -0.05) is 48.8 Å². The molecule has 0 radical (unpaired) electrons. The first-order valence-corrected chi connectivity index (χ1v) is 6.97. The number of benzene rings is 1. The maximum absolute atomic E-state index is 11.3. The molecule has 1 aromatic rings. The fraction of sp³-hybridized carbons (Fsp3) is 0.500. The van der Waals surface area contributed by atoms with Gasteiger partial charge in [0, 0.05) is 10.5 Å². The van der Waals surface area contributed by atoms with E-state index in [1.807, 2.05) is 6.07 Å². The van der Waals surface area contributed by atoms with E-state index >= 15 is 0 Å². The van der Waals surface area contributed by atoms with E-state index in [1.165, 1.54) is 5.56 Å². The van der Waals surface area contributed by atoms with Crippen molar-refractivity contribution < 1.29 is 4.79 Å². The van der Waals surface area contributed by atoms with Gasteiger partial charge in [-0.15, -0.1) is 0 Å². The van der Waals surface area contributed by atoms with Gasteiger partial charge in [0.25, 0.3) is 0 Å². The van der Waals surface area contributed by atoms with E-state index in [1.54, 1.807) is 0 Å². The molecule has 1 aromatic carbocycles. The Bertz CT molecular complexity index is 442. The summed E-state index contributed by atoms with van der Waals surface area (Å²) in [6.45, 7) is 6.72. The van der Waals surface area contributed by atoms with Crippen molar-refractivity contribution >= 4 is 27.5 Å². The van der Waals surface area contributed by atoms with E-state index in [0.29, 0.717) is 23.1 Å². The fourth-order valence-electron chi connectivity index (χ4n) is 2.06. The third-order valence-corrected chi connectivity index (χ3v) is 4.95. The molecule has 17 heavy (non-hydrogen) atoms. The van der Waals surface area contributed by atoms with E-state index in [0.717, 1.165) is 11.3 Å². The number of alkyl halides is 1. The summed E-state index contributed by atoms with van der Waals surface area (Å²) in [5.41, 5.74) is 3.35. The lowest BCUT2D eigenvalue weighted by Gasteiger charge is -2.22. The molecule has 1 aliphatic rings. The number of carbonyl (C=O) groups excluding carboxylic acids is 1. The van der Waals surface area contributed by atoms with Crippen molar-refractivity contribution in [2.75, 3.05) is 5.32 Å². The molecule has 3 heteroatoms. The minimum absolute atomic E-state index is 0.0974. The average Bonchev–Trinajstić information content (AvgIpc) is 2.65. The number of fused-ring (bicyclic) bond motifs is 1. The van der Waals surface area contributed by atoms with Crippen molar-refractivity contribution in [1.29, 1.82) is 0 Å². The van der Waals surface area contributed by atoms with E-state index in [4.69, 9.17) is 0 Å². The second-order valence-electron chi connectivity index (χ2n) is 5.15. The van der Waals surface area contributed by atoms with Gasteiger partial charge in [-0.25, -0.2) is 0 Å². The number of amides is 1. The van der Waals surface area contributed by atoms with Gasteiger partial charge in [0.2, 0.25) is 5.91 Å². The summed E-state index contributed by atoms with van der Waals surface area (Å²) in [5.74, 6) is 1.30. The first kappa shape index (κ1) is 12.6. The first-order chi connectivity index (χ1) is 7.99.